The molecular formula is C17H9ClF3NS. The van der Waals surface area contributed by atoms with Crippen LogP contribution in [0.4, 0.5) is 13.2 Å². The average molecular weight is 352 g/mol. The minimum absolute atomic E-state index is 0.648. The maximum Gasteiger partial charge on any atom is 0.416 e. The lowest BCUT2D eigenvalue weighted by Gasteiger charge is -2.06. The first-order valence-corrected chi connectivity index (χ1v) is 8.07. The smallest absolute Gasteiger partial charge is 0.236 e. The van der Waals surface area contributed by atoms with Crippen LogP contribution < -0.4 is 0 Å². The van der Waals surface area contributed by atoms with Gasteiger partial charge in [-0.1, -0.05) is 29.8 Å². The third kappa shape index (κ3) is 2.54. The van der Waals surface area contributed by atoms with Crippen molar-refractivity contribution in [1.82, 2.24) is 4.98 Å². The van der Waals surface area contributed by atoms with Crippen LogP contribution in [0.3, 0.4) is 0 Å². The van der Waals surface area contributed by atoms with E-state index in [1.807, 2.05) is 18.2 Å². The molecule has 0 N–H and O–H groups in total. The van der Waals surface area contributed by atoms with Gasteiger partial charge in [0.05, 0.1) is 11.3 Å². The number of alkyl halides is 3. The maximum atomic E-state index is 12.6. The largest absolute Gasteiger partial charge is 0.416 e. The number of thiazole rings is 1. The van der Waals surface area contributed by atoms with E-state index in [-0.39, 0.29) is 0 Å². The van der Waals surface area contributed by atoms with Gasteiger partial charge in [0.1, 0.15) is 5.01 Å². The minimum atomic E-state index is -4.32. The zero-order chi connectivity index (χ0) is 16.2. The first kappa shape index (κ1) is 14.7. The van der Waals surface area contributed by atoms with Crippen molar-refractivity contribution in [3.8, 4) is 21.8 Å². The molecule has 23 heavy (non-hydrogen) atoms. The highest BCUT2D eigenvalue weighted by Crippen LogP contribution is 2.43. The highest BCUT2D eigenvalue weighted by molar-refractivity contribution is 7.15. The standard InChI is InChI=1S/C17H9ClF3NS/c18-12-5-6-13-10(7-12)8-14-15(13)22-16(23-14)9-1-3-11(4-2-9)17(19,20)21/h1-7H,8H2. The van der Waals surface area contributed by atoms with Crippen LogP contribution in [-0.2, 0) is 12.6 Å². The molecule has 4 rings (SSSR count). The van der Waals surface area contributed by atoms with E-state index in [1.165, 1.54) is 23.5 Å². The van der Waals surface area contributed by atoms with Gasteiger partial charge in [-0.05, 0) is 29.8 Å². The fourth-order valence-corrected chi connectivity index (χ4v) is 4.02. The average Bonchev–Trinajstić information content (AvgIpc) is 3.03. The highest BCUT2D eigenvalue weighted by Gasteiger charge is 2.30. The van der Waals surface area contributed by atoms with Crippen LogP contribution in [0.25, 0.3) is 21.8 Å². The van der Waals surface area contributed by atoms with E-state index in [0.29, 0.717) is 10.6 Å². The molecule has 1 nitrogen and oxygen atoms in total. The molecule has 6 heteroatoms. The van der Waals surface area contributed by atoms with Crippen molar-refractivity contribution in [3.05, 3.63) is 63.5 Å². The predicted octanol–water partition coefficient (Wildman–Crippen LogP) is 6.05. The summed E-state index contributed by atoms with van der Waals surface area (Å²) in [5.74, 6) is 0. The van der Waals surface area contributed by atoms with E-state index in [4.69, 9.17) is 11.6 Å². The first-order chi connectivity index (χ1) is 10.9. The molecule has 116 valence electrons. The fraction of sp³-hybridized carbons (Fsp3) is 0.118. The second-order valence-corrected chi connectivity index (χ2v) is 6.86. The Labute approximate surface area is 139 Å². The van der Waals surface area contributed by atoms with Crippen molar-refractivity contribution in [2.45, 2.75) is 12.6 Å². The molecule has 0 spiro atoms. The SMILES string of the molecule is FC(F)(F)c1ccc(-c2nc3c(s2)Cc2cc(Cl)ccc2-3)cc1. The van der Waals surface area contributed by atoms with E-state index in [0.717, 1.165) is 45.3 Å². The third-order valence-corrected chi connectivity index (χ3v) is 5.17. The first-order valence-electron chi connectivity index (χ1n) is 6.88. The highest BCUT2D eigenvalue weighted by atomic mass is 35.5. The fourth-order valence-electron chi connectivity index (χ4n) is 2.72. The molecule has 0 unspecified atom stereocenters. The van der Waals surface area contributed by atoms with Gasteiger partial charge in [0.15, 0.2) is 0 Å². The number of benzene rings is 2. The Hall–Kier alpha value is -1.85. The van der Waals surface area contributed by atoms with Gasteiger partial charge in [-0.2, -0.15) is 13.2 Å². The van der Waals surface area contributed by atoms with Gasteiger partial charge < -0.3 is 0 Å². The second-order valence-electron chi connectivity index (χ2n) is 5.34. The van der Waals surface area contributed by atoms with E-state index in [1.54, 1.807) is 0 Å². The molecule has 0 amide bonds. The van der Waals surface area contributed by atoms with E-state index >= 15 is 0 Å². The summed E-state index contributed by atoms with van der Waals surface area (Å²) < 4.78 is 37.9. The van der Waals surface area contributed by atoms with Crippen molar-refractivity contribution >= 4 is 22.9 Å². The molecule has 1 aliphatic rings. The van der Waals surface area contributed by atoms with Crippen molar-refractivity contribution in [3.63, 3.8) is 0 Å². The molecule has 1 aliphatic carbocycles. The van der Waals surface area contributed by atoms with Crippen LogP contribution >= 0.6 is 22.9 Å². The number of fused-ring (bicyclic) bond motifs is 3. The summed E-state index contributed by atoms with van der Waals surface area (Å²) in [6.45, 7) is 0. The topological polar surface area (TPSA) is 12.9 Å². The van der Waals surface area contributed by atoms with Crippen LogP contribution in [0.1, 0.15) is 16.0 Å². The summed E-state index contributed by atoms with van der Waals surface area (Å²) in [6, 6.07) is 10.8. The predicted molar refractivity (Wildman–Crippen MR) is 85.8 cm³/mol. The van der Waals surface area contributed by atoms with Crippen LogP contribution in [0.5, 0.6) is 0 Å². The zero-order valence-corrected chi connectivity index (χ0v) is 13.2. The van der Waals surface area contributed by atoms with Crippen LogP contribution in [0, 0.1) is 0 Å². The lowest BCUT2D eigenvalue weighted by molar-refractivity contribution is -0.137. The minimum Gasteiger partial charge on any atom is -0.236 e. The Morgan fingerprint density at radius 1 is 1.04 bits per heavy atom. The van der Waals surface area contributed by atoms with E-state index < -0.39 is 11.7 Å². The summed E-state index contributed by atoms with van der Waals surface area (Å²) >= 11 is 7.52. The van der Waals surface area contributed by atoms with Crippen LogP contribution in [0.2, 0.25) is 5.02 Å². The molecule has 0 saturated carbocycles. The molecule has 0 aliphatic heterocycles. The van der Waals surface area contributed by atoms with Gasteiger partial charge in [0.2, 0.25) is 0 Å². The van der Waals surface area contributed by atoms with Crippen LogP contribution in [-0.4, -0.2) is 4.98 Å². The van der Waals surface area contributed by atoms with Crippen molar-refractivity contribution in [2.24, 2.45) is 0 Å². The van der Waals surface area contributed by atoms with Gasteiger partial charge in [-0.3, -0.25) is 0 Å². The van der Waals surface area contributed by atoms with Crippen molar-refractivity contribution < 1.29 is 13.2 Å². The zero-order valence-electron chi connectivity index (χ0n) is 11.6. The molecule has 0 radical (unpaired) electrons. The van der Waals surface area contributed by atoms with E-state index in [2.05, 4.69) is 4.98 Å². The number of rotatable bonds is 1. The summed E-state index contributed by atoms with van der Waals surface area (Å²) in [4.78, 5) is 5.74. The Morgan fingerprint density at radius 2 is 1.78 bits per heavy atom. The quantitative estimate of drug-likeness (QED) is 0.406. The van der Waals surface area contributed by atoms with Crippen molar-refractivity contribution in [2.75, 3.05) is 0 Å². The molecule has 1 heterocycles. The summed E-state index contributed by atoms with van der Waals surface area (Å²) in [6.07, 6.45) is -3.55. The number of halogens is 4. The number of hydrogen-bond donors (Lipinski definition) is 0. The molecule has 0 fully saturated rings. The molecular weight excluding hydrogens is 343 g/mol. The van der Waals surface area contributed by atoms with Gasteiger partial charge in [-0.15, -0.1) is 11.3 Å². The second kappa shape index (κ2) is 5.08. The summed E-state index contributed by atoms with van der Waals surface area (Å²) in [5.41, 5.74) is 3.17. The lowest BCUT2D eigenvalue weighted by Crippen LogP contribution is -2.03. The number of nitrogens with zero attached hydrogens (tertiary/aromatic N) is 1. The Balaban J connectivity index is 1.71. The van der Waals surface area contributed by atoms with Gasteiger partial charge >= 0.3 is 6.18 Å². The van der Waals surface area contributed by atoms with Crippen LogP contribution in [0.15, 0.2) is 42.5 Å². The maximum absolute atomic E-state index is 12.6. The summed E-state index contributed by atoms with van der Waals surface area (Å²) in [7, 11) is 0. The Morgan fingerprint density at radius 3 is 2.48 bits per heavy atom. The van der Waals surface area contributed by atoms with Gasteiger partial charge in [0.25, 0.3) is 0 Å². The number of aromatic nitrogens is 1. The molecule has 0 saturated heterocycles. The van der Waals surface area contributed by atoms with E-state index in [9.17, 15) is 13.2 Å². The normalized spacial score (nSPS) is 13.0. The van der Waals surface area contributed by atoms with Crippen molar-refractivity contribution in [1.29, 1.82) is 0 Å². The molecule has 1 aromatic heterocycles. The molecule has 3 aromatic rings. The Kier molecular flexibility index (Phi) is 3.25. The molecule has 0 atom stereocenters. The third-order valence-electron chi connectivity index (χ3n) is 3.83. The summed E-state index contributed by atoms with van der Waals surface area (Å²) in [5, 5.41) is 1.44. The van der Waals surface area contributed by atoms with Gasteiger partial charge in [0, 0.05) is 27.4 Å². The lowest BCUT2D eigenvalue weighted by atomic mass is 10.1. The number of hydrogen-bond acceptors (Lipinski definition) is 2. The molecule has 0 bridgehead atoms. The monoisotopic (exact) mass is 351 g/mol. The molecule has 2 aromatic carbocycles. The van der Waals surface area contributed by atoms with Gasteiger partial charge in [-0.25, -0.2) is 4.98 Å². The Bertz CT molecular complexity index is 897.